The zero-order valence-corrected chi connectivity index (χ0v) is 15.6. The molecule has 0 aromatic rings. The Labute approximate surface area is 150 Å². The Morgan fingerprint density at radius 2 is 1.60 bits per heavy atom. The number of nitrogens with one attached hydrogen (secondary N) is 2. The average Bonchev–Trinajstić information content (AvgIpc) is 2.66. The van der Waals surface area contributed by atoms with Gasteiger partial charge in [0.2, 0.25) is 11.8 Å². The Balaban J connectivity index is 1.68. The molecule has 1 atom stereocenters. The van der Waals surface area contributed by atoms with E-state index in [2.05, 4.69) is 10.6 Å². The second-order valence-corrected chi connectivity index (χ2v) is 7.18. The standard InChI is InChI=1S/C18H32N4O3/c1-3-14(2)17(24)19-13-16(23)21-9-11-22(12-10-21)18(25)20-15-7-5-4-6-8-15/h14-15H,3-13H2,1-2H3,(H,19,24)(H,20,25). The van der Waals surface area contributed by atoms with E-state index in [-0.39, 0.29) is 30.3 Å². The minimum absolute atomic E-state index is 0.0101. The first-order valence-electron chi connectivity index (χ1n) is 9.62. The molecule has 1 aliphatic heterocycles. The van der Waals surface area contributed by atoms with Crippen molar-refractivity contribution in [2.75, 3.05) is 32.7 Å². The third-order valence-corrected chi connectivity index (χ3v) is 5.33. The van der Waals surface area contributed by atoms with E-state index >= 15 is 0 Å². The monoisotopic (exact) mass is 352 g/mol. The molecular weight excluding hydrogens is 320 g/mol. The molecule has 1 saturated heterocycles. The van der Waals surface area contributed by atoms with Crippen LogP contribution < -0.4 is 10.6 Å². The third-order valence-electron chi connectivity index (χ3n) is 5.33. The van der Waals surface area contributed by atoms with Crippen molar-refractivity contribution in [3.8, 4) is 0 Å². The van der Waals surface area contributed by atoms with Crippen molar-refractivity contribution in [3.05, 3.63) is 0 Å². The molecule has 2 N–H and O–H groups in total. The van der Waals surface area contributed by atoms with Crippen molar-refractivity contribution in [2.45, 2.75) is 58.4 Å². The molecule has 0 aromatic heterocycles. The largest absolute Gasteiger partial charge is 0.347 e. The Morgan fingerprint density at radius 3 is 2.20 bits per heavy atom. The van der Waals surface area contributed by atoms with Gasteiger partial charge in [0.15, 0.2) is 0 Å². The minimum Gasteiger partial charge on any atom is -0.347 e. The van der Waals surface area contributed by atoms with Gasteiger partial charge in [-0.3, -0.25) is 9.59 Å². The van der Waals surface area contributed by atoms with Crippen molar-refractivity contribution in [1.82, 2.24) is 20.4 Å². The number of carbonyl (C=O) groups excluding carboxylic acids is 3. The van der Waals surface area contributed by atoms with Crippen molar-refractivity contribution in [1.29, 1.82) is 0 Å². The molecule has 1 aliphatic carbocycles. The highest BCUT2D eigenvalue weighted by atomic mass is 16.2. The highest BCUT2D eigenvalue weighted by Gasteiger charge is 2.26. The molecule has 4 amide bonds. The fourth-order valence-electron chi connectivity index (χ4n) is 3.31. The first-order valence-corrected chi connectivity index (χ1v) is 9.62. The van der Waals surface area contributed by atoms with Crippen LogP contribution in [0.5, 0.6) is 0 Å². The molecule has 2 fully saturated rings. The number of hydrogen-bond donors (Lipinski definition) is 2. The summed E-state index contributed by atoms with van der Waals surface area (Å²) < 4.78 is 0. The van der Waals surface area contributed by atoms with Crippen molar-refractivity contribution >= 4 is 17.8 Å². The molecule has 0 spiro atoms. The molecule has 1 heterocycles. The van der Waals surface area contributed by atoms with E-state index in [1.807, 2.05) is 13.8 Å². The number of carbonyl (C=O) groups is 3. The Morgan fingerprint density at radius 1 is 1.00 bits per heavy atom. The lowest BCUT2D eigenvalue weighted by atomic mass is 9.96. The van der Waals surface area contributed by atoms with Gasteiger partial charge in [-0.2, -0.15) is 0 Å². The van der Waals surface area contributed by atoms with Crippen LogP contribution in [0, 0.1) is 5.92 Å². The number of hydrogen-bond acceptors (Lipinski definition) is 3. The summed E-state index contributed by atoms with van der Waals surface area (Å²) in [7, 11) is 0. The smallest absolute Gasteiger partial charge is 0.317 e. The van der Waals surface area contributed by atoms with Gasteiger partial charge in [0.1, 0.15) is 0 Å². The Kier molecular flexibility index (Phi) is 7.52. The van der Waals surface area contributed by atoms with E-state index in [1.165, 1.54) is 19.3 Å². The van der Waals surface area contributed by atoms with Crippen LogP contribution in [0.1, 0.15) is 52.4 Å². The quantitative estimate of drug-likeness (QED) is 0.783. The van der Waals surface area contributed by atoms with Crippen molar-refractivity contribution in [2.24, 2.45) is 5.92 Å². The normalized spacial score (nSPS) is 20.1. The minimum atomic E-state index is -0.0821. The Bertz CT molecular complexity index is 469. The third kappa shape index (κ3) is 5.90. The molecule has 7 heteroatoms. The Hall–Kier alpha value is -1.79. The molecule has 142 valence electrons. The first-order chi connectivity index (χ1) is 12.0. The van der Waals surface area contributed by atoms with E-state index < -0.39 is 0 Å². The van der Waals surface area contributed by atoms with Crippen LogP contribution in [-0.2, 0) is 9.59 Å². The number of amides is 4. The maximum Gasteiger partial charge on any atom is 0.317 e. The molecule has 0 aromatic carbocycles. The van der Waals surface area contributed by atoms with E-state index in [0.717, 1.165) is 19.3 Å². The molecule has 7 nitrogen and oxygen atoms in total. The van der Waals surface area contributed by atoms with Crippen LogP contribution in [0.25, 0.3) is 0 Å². The van der Waals surface area contributed by atoms with Crippen LogP contribution in [0.15, 0.2) is 0 Å². The molecule has 2 rings (SSSR count). The van der Waals surface area contributed by atoms with E-state index in [4.69, 9.17) is 0 Å². The first kappa shape index (κ1) is 19.5. The molecule has 2 aliphatic rings. The van der Waals surface area contributed by atoms with Gasteiger partial charge >= 0.3 is 6.03 Å². The average molecular weight is 352 g/mol. The summed E-state index contributed by atoms with van der Waals surface area (Å²) >= 11 is 0. The van der Waals surface area contributed by atoms with E-state index in [9.17, 15) is 14.4 Å². The summed E-state index contributed by atoms with van der Waals surface area (Å²) in [5, 5.41) is 5.81. The topological polar surface area (TPSA) is 81.8 Å². The molecule has 25 heavy (non-hydrogen) atoms. The summed E-state index contributed by atoms with van der Waals surface area (Å²) in [4.78, 5) is 39.8. The van der Waals surface area contributed by atoms with Gasteiger partial charge in [0, 0.05) is 38.1 Å². The summed E-state index contributed by atoms with van der Waals surface area (Å²) in [5.41, 5.74) is 0. The summed E-state index contributed by atoms with van der Waals surface area (Å²) in [6.45, 7) is 5.98. The van der Waals surface area contributed by atoms with Crippen LogP contribution in [-0.4, -0.2) is 66.4 Å². The maximum atomic E-state index is 12.3. The fraction of sp³-hybridized carbons (Fsp3) is 0.833. The summed E-state index contributed by atoms with van der Waals surface area (Å²) in [5.74, 6) is -0.238. The molecule has 0 bridgehead atoms. The van der Waals surface area contributed by atoms with Gasteiger partial charge in [-0.05, 0) is 19.3 Å². The molecular formula is C18H32N4O3. The second kappa shape index (κ2) is 9.63. The lowest BCUT2D eigenvalue weighted by Gasteiger charge is -2.36. The van der Waals surface area contributed by atoms with Gasteiger partial charge in [-0.15, -0.1) is 0 Å². The SMILES string of the molecule is CCC(C)C(=O)NCC(=O)N1CCN(C(=O)NC2CCCCC2)CC1. The van der Waals surface area contributed by atoms with Gasteiger partial charge in [-0.25, -0.2) is 4.79 Å². The van der Waals surface area contributed by atoms with E-state index in [0.29, 0.717) is 32.2 Å². The maximum absolute atomic E-state index is 12.3. The molecule has 1 saturated carbocycles. The highest BCUT2D eigenvalue weighted by molar-refractivity contribution is 5.85. The van der Waals surface area contributed by atoms with Crippen molar-refractivity contribution in [3.63, 3.8) is 0 Å². The summed E-state index contributed by atoms with van der Waals surface area (Å²) in [6, 6.07) is 0.292. The predicted octanol–water partition coefficient (Wildman–Crippen LogP) is 1.34. The van der Waals surface area contributed by atoms with Crippen LogP contribution in [0.4, 0.5) is 4.79 Å². The zero-order valence-electron chi connectivity index (χ0n) is 15.6. The number of urea groups is 1. The van der Waals surface area contributed by atoms with Gasteiger partial charge in [-0.1, -0.05) is 33.1 Å². The fourth-order valence-corrected chi connectivity index (χ4v) is 3.31. The number of piperazine rings is 1. The highest BCUT2D eigenvalue weighted by Crippen LogP contribution is 2.17. The number of rotatable bonds is 5. The zero-order chi connectivity index (χ0) is 18.2. The van der Waals surface area contributed by atoms with Gasteiger partial charge in [0.25, 0.3) is 0 Å². The van der Waals surface area contributed by atoms with Crippen LogP contribution in [0.3, 0.4) is 0 Å². The lowest BCUT2D eigenvalue weighted by Crippen LogP contribution is -2.56. The van der Waals surface area contributed by atoms with E-state index in [1.54, 1.807) is 9.80 Å². The molecule has 1 unspecified atom stereocenters. The van der Waals surface area contributed by atoms with Crippen molar-refractivity contribution < 1.29 is 14.4 Å². The molecule has 0 radical (unpaired) electrons. The lowest BCUT2D eigenvalue weighted by molar-refractivity contribution is -0.134. The van der Waals surface area contributed by atoms with Gasteiger partial charge < -0.3 is 20.4 Å². The predicted molar refractivity (Wildman–Crippen MR) is 96.0 cm³/mol. The number of nitrogens with zero attached hydrogens (tertiary/aromatic N) is 2. The second-order valence-electron chi connectivity index (χ2n) is 7.18. The van der Waals surface area contributed by atoms with Crippen LogP contribution >= 0.6 is 0 Å². The summed E-state index contributed by atoms with van der Waals surface area (Å²) in [6.07, 6.45) is 6.54. The van der Waals surface area contributed by atoms with Gasteiger partial charge in [0.05, 0.1) is 6.54 Å². The van der Waals surface area contributed by atoms with Crippen LogP contribution in [0.2, 0.25) is 0 Å².